The average Bonchev–Trinajstić information content (AvgIpc) is 2.83. The SMILES string of the molecule is CCC1(CC)CSC(Nc2ccc(C(N)=O)cc2)=N1. The quantitative estimate of drug-likeness (QED) is 0.889. The van der Waals surface area contributed by atoms with Gasteiger partial charge < -0.3 is 11.1 Å². The van der Waals surface area contributed by atoms with E-state index in [-0.39, 0.29) is 5.54 Å². The molecular weight excluding hydrogens is 258 g/mol. The van der Waals surface area contributed by atoms with E-state index in [9.17, 15) is 4.79 Å². The lowest BCUT2D eigenvalue weighted by Gasteiger charge is -2.20. The minimum Gasteiger partial charge on any atom is -0.366 e. The van der Waals surface area contributed by atoms with Crippen LogP contribution in [0, 0.1) is 0 Å². The Morgan fingerprint density at radius 1 is 1.37 bits per heavy atom. The van der Waals surface area contributed by atoms with Crippen LogP contribution in [0.5, 0.6) is 0 Å². The van der Waals surface area contributed by atoms with E-state index in [1.807, 2.05) is 12.1 Å². The topological polar surface area (TPSA) is 67.5 Å². The molecule has 1 aliphatic rings. The second-order valence-electron chi connectivity index (χ2n) is 4.70. The number of nitrogens with two attached hydrogens (primary N) is 1. The number of benzene rings is 1. The van der Waals surface area contributed by atoms with Crippen molar-refractivity contribution in [1.29, 1.82) is 0 Å². The van der Waals surface area contributed by atoms with Gasteiger partial charge in [-0.05, 0) is 37.1 Å². The van der Waals surface area contributed by atoms with Crippen molar-refractivity contribution in [2.45, 2.75) is 32.2 Å². The summed E-state index contributed by atoms with van der Waals surface area (Å²) in [5.41, 5.74) is 6.74. The summed E-state index contributed by atoms with van der Waals surface area (Å²) in [6, 6.07) is 7.14. The van der Waals surface area contributed by atoms with E-state index in [1.165, 1.54) is 0 Å². The average molecular weight is 277 g/mol. The number of carbonyl (C=O) groups excluding carboxylic acids is 1. The molecule has 0 aliphatic carbocycles. The van der Waals surface area contributed by atoms with Crippen LogP contribution in [-0.2, 0) is 0 Å². The minimum absolute atomic E-state index is 0.0835. The number of hydrogen-bond acceptors (Lipinski definition) is 4. The van der Waals surface area contributed by atoms with Crippen LogP contribution in [0.15, 0.2) is 29.3 Å². The third-order valence-electron chi connectivity index (χ3n) is 3.55. The first-order valence-electron chi connectivity index (χ1n) is 6.48. The molecule has 1 amide bonds. The summed E-state index contributed by atoms with van der Waals surface area (Å²) in [4.78, 5) is 15.8. The zero-order chi connectivity index (χ0) is 13.9. The van der Waals surface area contributed by atoms with Crippen molar-refractivity contribution in [1.82, 2.24) is 0 Å². The molecule has 0 unspecified atom stereocenters. The Kier molecular flexibility index (Phi) is 4.14. The highest BCUT2D eigenvalue weighted by atomic mass is 32.2. The molecule has 1 aliphatic heterocycles. The number of primary amides is 1. The van der Waals surface area contributed by atoms with Gasteiger partial charge in [-0.25, -0.2) is 0 Å². The van der Waals surface area contributed by atoms with Gasteiger partial charge in [-0.1, -0.05) is 25.6 Å². The number of amidine groups is 1. The summed E-state index contributed by atoms with van der Waals surface area (Å²) in [5.74, 6) is 0.622. The molecule has 1 heterocycles. The maximum absolute atomic E-state index is 11.0. The van der Waals surface area contributed by atoms with E-state index in [0.717, 1.165) is 29.4 Å². The number of thioether (sulfide) groups is 1. The molecule has 0 saturated carbocycles. The van der Waals surface area contributed by atoms with Gasteiger partial charge >= 0.3 is 0 Å². The third kappa shape index (κ3) is 3.10. The van der Waals surface area contributed by atoms with Gasteiger partial charge in [0.15, 0.2) is 5.17 Å². The summed E-state index contributed by atoms with van der Waals surface area (Å²) in [6.45, 7) is 4.36. The van der Waals surface area contributed by atoms with Crippen LogP contribution >= 0.6 is 11.8 Å². The highest BCUT2D eigenvalue weighted by molar-refractivity contribution is 8.14. The number of amides is 1. The normalized spacial score (nSPS) is 17.1. The van der Waals surface area contributed by atoms with Crippen LogP contribution in [0.1, 0.15) is 37.0 Å². The summed E-state index contributed by atoms with van der Waals surface area (Å²) >= 11 is 1.75. The predicted octanol–water partition coefficient (Wildman–Crippen LogP) is 2.86. The molecular formula is C14H19N3OS. The van der Waals surface area contributed by atoms with E-state index in [2.05, 4.69) is 19.2 Å². The molecule has 0 aromatic heterocycles. The van der Waals surface area contributed by atoms with E-state index >= 15 is 0 Å². The van der Waals surface area contributed by atoms with Crippen molar-refractivity contribution in [3.05, 3.63) is 29.8 Å². The lowest BCUT2D eigenvalue weighted by Crippen LogP contribution is -2.24. The first-order valence-corrected chi connectivity index (χ1v) is 7.46. The third-order valence-corrected chi connectivity index (χ3v) is 4.70. The molecule has 0 spiro atoms. The van der Waals surface area contributed by atoms with Gasteiger partial charge in [0.05, 0.1) is 5.54 Å². The molecule has 0 saturated heterocycles. The Balaban J connectivity index is 2.08. The van der Waals surface area contributed by atoms with E-state index in [1.54, 1.807) is 23.9 Å². The number of anilines is 1. The van der Waals surface area contributed by atoms with Gasteiger partial charge in [-0.3, -0.25) is 9.79 Å². The molecule has 4 nitrogen and oxygen atoms in total. The fraction of sp³-hybridized carbons (Fsp3) is 0.429. The fourth-order valence-electron chi connectivity index (χ4n) is 2.00. The number of hydrogen-bond donors (Lipinski definition) is 2. The largest absolute Gasteiger partial charge is 0.366 e. The highest BCUT2D eigenvalue weighted by Crippen LogP contribution is 2.33. The van der Waals surface area contributed by atoms with Gasteiger partial charge in [-0.2, -0.15) is 0 Å². The monoisotopic (exact) mass is 277 g/mol. The smallest absolute Gasteiger partial charge is 0.248 e. The fourth-order valence-corrected chi connectivity index (χ4v) is 3.33. The Bertz CT molecular complexity index is 492. The Morgan fingerprint density at radius 3 is 2.47 bits per heavy atom. The lowest BCUT2D eigenvalue weighted by molar-refractivity contribution is 0.100. The van der Waals surface area contributed by atoms with E-state index in [0.29, 0.717) is 5.56 Å². The van der Waals surface area contributed by atoms with Gasteiger partial charge in [-0.15, -0.1) is 0 Å². The van der Waals surface area contributed by atoms with Crippen molar-refractivity contribution in [3.63, 3.8) is 0 Å². The molecule has 1 aromatic rings. The molecule has 102 valence electrons. The van der Waals surface area contributed by atoms with E-state index < -0.39 is 5.91 Å². The Hall–Kier alpha value is -1.49. The Morgan fingerprint density at radius 2 is 2.00 bits per heavy atom. The van der Waals surface area contributed by atoms with Crippen molar-refractivity contribution in [3.8, 4) is 0 Å². The minimum atomic E-state index is -0.407. The first kappa shape index (κ1) is 13.9. The van der Waals surface area contributed by atoms with Gasteiger partial charge in [0.1, 0.15) is 0 Å². The zero-order valence-electron chi connectivity index (χ0n) is 11.3. The van der Waals surface area contributed by atoms with Crippen molar-refractivity contribution in [2.75, 3.05) is 11.1 Å². The Labute approximate surface area is 117 Å². The van der Waals surface area contributed by atoms with Gasteiger partial charge in [0.2, 0.25) is 5.91 Å². The molecule has 5 heteroatoms. The molecule has 3 N–H and O–H groups in total. The predicted molar refractivity (Wildman–Crippen MR) is 81.8 cm³/mol. The van der Waals surface area contributed by atoms with Crippen LogP contribution in [0.4, 0.5) is 5.69 Å². The van der Waals surface area contributed by atoms with Crippen molar-refractivity contribution in [2.24, 2.45) is 10.7 Å². The van der Waals surface area contributed by atoms with Crippen molar-refractivity contribution < 1.29 is 4.79 Å². The molecule has 19 heavy (non-hydrogen) atoms. The van der Waals surface area contributed by atoms with Crippen LogP contribution in [0.3, 0.4) is 0 Å². The summed E-state index contributed by atoms with van der Waals surface area (Å²) in [7, 11) is 0. The van der Waals surface area contributed by atoms with Crippen molar-refractivity contribution >= 4 is 28.5 Å². The van der Waals surface area contributed by atoms with Gasteiger partial charge in [0, 0.05) is 17.0 Å². The number of carbonyl (C=O) groups is 1. The lowest BCUT2D eigenvalue weighted by atomic mass is 9.97. The van der Waals surface area contributed by atoms with Crippen LogP contribution in [-0.4, -0.2) is 22.4 Å². The molecule has 0 fully saturated rings. The van der Waals surface area contributed by atoms with Crippen LogP contribution in [0.25, 0.3) is 0 Å². The standard InChI is InChI=1S/C14H19N3OS/c1-3-14(4-2)9-19-13(17-14)16-11-7-5-10(6-8-11)12(15)18/h5-8H,3-4,9H2,1-2H3,(H2,15,18)(H,16,17). The summed E-state index contributed by atoms with van der Waals surface area (Å²) in [6.07, 6.45) is 2.12. The van der Waals surface area contributed by atoms with Gasteiger partial charge in [0.25, 0.3) is 0 Å². The molecule has 0 atom stereocenters. The summed E-state index contributed by atoms with van der Waals surface area (Å²) < 4.78 is 0. The molecule has 1 aromatic carbocycles. The maximum atomic E-state index is 11.0. The summed E-state index contributed by atoms with van der Waals surface area (Å²) in [5, 5.41) is 4.25. The maximum Gasteiger partial charge on any atom is 0.248 e. The highest BCUT2D eigenvalue weighted by Gasteiger charge is 2.31. The number of nitrogens with zero attached hydrogens (tertiary/aromatic N) is 1. The number of aliphatic imine (C=N–C) groups is 1. The zero-order valence-corrected chi connectivity index (χ0v) is 12.1. The molecule has 0 bridgehead atoms. The number of rotatable bonds is 4. The van der Waals surface area contributed by atoms with E-state index in [4.69, 9.17) is 10.7 Å². The number of nitrogens with one attached hydrogen (secondary N) is 1. The second kappa shape index (κ2) is 5.65. The second-order valence-corrected chi connectivity index (χ2v) is 5.67. The molecule has 0 radical (unpaired) electrons. The van der Waals surface area contributed by atoms with Crippen LogP contribution in [0.2, 0.25) is 0 Å². The molecule has 2 rings (SSSR count). The first-order chi connectivity index (χ1) is 9.08. The van der Waals surface area contributed by atoms with Crippen LogP contribution < -0.4 is 11.1 Å².